The normalized spacial score (nSPS) is 13.6. The number of rotatable bonds is 2. The van der Waals surface area contributed by atoms with Gasteiger partial charge in [0.25, 0.3) is 0 Å². The van der Waals surface area contributed by atoms with Gasteiger partial charge in [0.05, 0.1) is 4.88 Å². The summed E-state index contributed by atoms with van der Waals surface area (Å²) in [5.41, 5.74) is 2.22. The molecule has 0 aliphatic carbocycles. The summed E-state index contributed by atoms with van der Waals surface area (Å²) in [5.74, 6) is 0. The number of halogens is 1. The van der Waals surface area contributed by atoms with E-state index in [2.05, 4.69) is 55.8 Å². The van der Waals surface area contributed by atoms with Gasteiger partial charge in [-0.15, -0.1) is 11.3 Å². The van der Waals surface area contributed by atoms with Crippen molar-refractivity contribution in [2.45, 2.75) is 39.2 Å². The van der Waals surface area contributed by atoms with Gasteiger partial charge in [0.15, 0.2) is 0 Å². The minimum Gasteiger partial charge on any atom is -0.383 e. The van der Waals surface area contributed by atoms with Gasteiger partial charge in [-0.2, -0.15) is 0 Å². The fourth-order valence-electron chi connectivity index (χ4n) is 2.25. The Morgan fingerprint density at radius 2 is 1.84 bits per heavy atom. The van der Waals surface area contributed by atoms with E-state index in [0.717, 1.165) is 14.9 Å². The molecule has 3 heteroatoms. The summed E-state index contributed by atoms with van der Waals surface area (Å²) in [6, 6.07) is 10.2. The van der Waals surface area contributed by atoms with Crippen molar-refractivity contribution in [1.29, 1.82) is 0 Å². The van der Waals surface area contributed by atoms with Gasteiger partial charge < -0.3 is 5.11 Å². The first-order valence-corrected chi connectivity index (χ1v) is 7.95. The van der Waals surface area contributed by atoms with E-state index in [-0.39, 0.29) is 5.41 Å². The van der Waals surface area contributed by atoms with E-state index in [1.807, 2.05) is 18.2 Å². The van der Waals surface area contributed by atoms with Gasteiger partial charge in [-0.1, -0.05) is 45.0 Å². The molecule has 1 unspecified atom stereocenters. The highest BCUT2D eigenvalue weighted by Gasteiger charge is 2.24. The SMILES string of the molecule is Cc1cc(Br)c(C(O)c2ccccc2C(C)(C)C)s1. The number of benzene rings is 1. The smallest absolute Gasteiger partial charge is 0.115 e. The van der Waals surface area contributed by atoms with Crippen LogP contribution in [0.15, 0.2) is 34.8 Å². The Labute approximate surface area is 127 Å². The van der Waals surface area contributed by atoms with E-state index < -0.39 is 6.10 Å². The summed E-state index contributed by atoms with van der Waals surface area (Å²) in [4.78, 5) is 2.18. The zero-order valence-corrected chi connectivity index (χ0v) is 14.1. The summed E-state index contributed by atoms with van der Waals surface area (Å²) in [6.07, 6.45) is -0.566. The quantitative estimate of drug-likeness (QED) is 0.797. The van der Waals surface area contributed by atoms with Crippen molar-refractivity contribution >= 4 is 27.3 Å². The number of thiophene rings is 1. The molecule has 19 heavy (non-hydrogen) atoms. The summed E-state index contributed by atoms with van der Waals surface area (Å²) in [6.45, 7) is 8.58. The predicted octanol–water partition coefficient (Wildman–Crippen LogP) is 5.20. The molecular weight excluding hydrogens is 320 g/mol. The molecule has 2 aromatic rings. The largest absolute Gasteiger partial charge is 0.383 e. The Balaban J connectivity index is 2.50. The average Bonchev–Trinajstić information content (AvgIpc) is 2.66. The van der Waals surface area contributed by atoms with E-state index >= 15 is 0 Å². The average molecular weight is 339 g/mol. The lowest BCUT2D eigenvalue weighted by Gasteiger charge is -2.25. The number of hydrogen-bond acceptors (Lipinski definition) is 2. The molecule has 0 aliphatic heterocycles. The molecule has 2 rings (SSSR count). The maximum atomic E-state index is 10.7. The highest BCUT2D eigenvalue weighted by atomic mass is 79.9. The molecule has 0 saturated carbocycles. The Bertz CT molecular complexity index is 581. The van der Waals surface area contributed by atoms with Crippen LogP contribution in [0, 0.1) is 6.92 Å². The third-order valence-electron chi connectivity index (χ3n) is 3.15. The Morgan fingerprint density at radius 3 is 2.37 bits per heavy atom. The molecule has 1 heterocycles. The second kappa shape index (κ2) is 5.39. The molecule has 1 aromatic heterocycles. The van der Waals surface area contributed by atoms with Crippen molar-refractivity contribution in [3.05, 3.63) is 55.7 Å². The third kappa shape index (κ3) is 3.10. The first-order chi connectivity index (χ1) is 8.80. The van der Waals surface area contributed by atoms with Gasteiger partial charge in [-0.3, -0.25) is 0 Å². The van der Waals surface area contributed by atoms with Gasteiger partial charge in [0.2, 0.25) is 0 Å². The number of hydrogen-bond donors (Lipinski definition) is 1. The number of aliphatic hydroxyl groups excluding tert-OH is 1. The van der Waals surface area contributed by atoms with Gasteiger partial charge in [0, 0.05) is 9.35 Å². The fourth-order valence-corrected chi connectivity index (χ4v) is 4.12. The second-order valence-corrected chi connectivity index (χ2v) is 7.95. The highest BCUT2D eigenvalue weighted by molar-refractivity contribution is 9.10. The predicted molar refractivity (Wildman–Crippen MR) is 86.0 cm³/mol. The van der Waals surface area contributed by atoms with E-state index in [1.165, 1.54) is 10.4 Å². The molecule has 0 aliphatic rings. The summed E-state index contributed by atoms with van der Waals surface area (Å²) in [5, 5.41) is 10.7. The monoisotopic (exact) mass is 338 g/mol. The first-order valence-electron chi connectivity index (χ1n) is 6.34. The molecule has 0 radical (unpaired) electrons. The third-order valence-corrected chi connectivity index (χ3v) is 5.17. The standard InChI is InChI=1S/C16H19BrOS/c1-10-9-13(17)15(19-10)14(18)11-7-5-6-8-12(11)16(2,3)4/h5-9,14,18H,1-4H3. The van der Waals surface area contributed by atoms with Crippen molar-refractivity contribution < 1.29 is 5.11 Å². The Morgan fingerprint density at radius 1 is 1.21 bits per heavy atom. The van der Waals surface area contributed by atoms with Crippen LogP contribution < -0.4 is 0 Å². The van der Waals surface area contributed by atoms with Crippen LogP contribution in [0.2, 0.25) is 0 Å². The van der Waals surface area contributed by atoms with Gasteiger partial charge >= 0.3 is 0 Å². The van der Waals surface area contributed by atoms with Crippen molar-refractivity contribution in [3.63, 3.8) is 0 Å². The van der Waals surface area contributed by atoms with Crippen LogP contribution >= 0.6 is 27.3 Å². The Kier molecular flexibility index (Phi) is 4.19. The van der Waals surface area contributed by atoms with Gasteiger partial charge in [0.1, 0.15) is 6.10 Å². The van der Waals surface area contributed by atoms with E-state index in [9.17, 15) is 5.11 Å². The van der Waals surface area contributed by atoms with Crippen LogP contribution in [-0.2, 0) is 5.41 Å². The van der Waals surface area contributed by atoms with Crippen LogP contribution in [0.1, 0.15) is 47.8 Å². The molecular formula is C16H19BrOS. The van der Waals surface area contributed by atoms with Crippen molar-refractivity contribution in [2.75, 3.05) is 0 Å². The summed E-state index contributed by atoms with van der Waals surface area (Å²) in [7, 11) is 0. The molecule has 1 atom stereocenters. The maximum Gasteiger partial charge on any atom is 0.115 e. The van der Waals surface area contributed by atoms with E-state index in [1.54, 1.807) is 11.3 Å². The molecule has 102 valence electrons. The van der Waals surface area contributed by atoms with Crippen molar-refractivity contribution in [3.8, 4) is 0 Å². The van der Waals surface area contributed by atoms with Crippen molar-refractivity contribution in [1.82, 2.24) is 0 Å². The van der Waals surface area contributed by atoms with Crippen LogP contribution in [0.5, 0.6) is 0 Å². The molecule has 0 bridgehead atoms. The Hall–Kier alpha value is -0.640. The molecule has 1 N–H and O–H groups in total. The van der Waals surface area contributed by atoms with Crippen LogP contribution in [0.4, 0.5) is 0 Å². The van der Waals surface area contributed by atoms with Crippen molar-refractivity contribution in [2.24, 2.45) is 0 Å². The topological polar surface area (TPSA) is 20.2 Å². The lowest BCUT2D eigenvalue weighted by Crippen LogP contribution is -2.16. The van der Waals surface area contributed by atoms with E-state index in [0.29, 0.717) is 0 Å². The molecule has 0 saturated heterocycles. The van der Waals surface area contributed by atoms with Crippen LogP contribution in [-0.4, -0.2) is 5.11 Å². The zero-order chi connectivity index (χ0) is 14.2. The minimum absolute atomic E-state index is 0.0242. The molecule has 1 nitrogen and oxygen atoms in total. The maximum absolute atomic E-state index is 10.7. The van der Waals surface area contributed by atoms with Crippen LogP contribution in [0.3, 0.4) is 0 Å². The number of aryl methyl sites for hydroxylation is 1. The summed E-state index contributed by atoms with van der Waals surface area (Å²) >= 11 is 5.18. The highest BCUT2D eigenvalue weighted by Crippen LogP contribution is 2.38. The van der Waals surface area contributed by atoms with Crippen LogP contribution in [0.25, 0.3) is 0 Å². The first kappa shape index (κ1) is 14.8. The minimum atomic E-state index is -0.566. The lowest BCUT2D eigenvalue weighted by atomic mass is 9.82. The lowest BCUT2D eigenvalue weighted by molar-refractivity contribution is 0.220. The van der Waals surface area contributed by atoms with Gasteiger partial charge in [-0.25, -0.2) is 0 Å². The number of aliphatic hydroxyl groups is 1. The van der Waals surface area contributed by atoms with E-state index in [4.69, 9.17) is 0 Å². The molecule has 0 fully saturated rings. The molecule has 1 aromatic carbocycles. The summed E-state index contributed by atoms with van der Waals surface area (Å²) < 4.78 is 0.992. The molecule has 0 amide bonds. The molecule has 0 spiro atoms. The zero-order valence-electron chi connectivity index (χ0n) is 11.7. The second-order valence-electron chi connectivity index (χ2n) is 5.81. The van der Waals surface area contributed by atoms with Gasteiger partial charge in [-0.05, 0) is 45.5 Å². The fraction of sp³-hybridized carbons (Fsp3) is 0.375.